The lowest BCUT2D eigenvalue weighted by Crippen LogP contribution is -2.31. The Kier molecular flexibility index (Phi) is 3.39. The summed E-state index contributed by atoms with van der Waals surface area (Å²) in [4.78, 5) is 16.4. The molecule has 0 amide bonds. The molecule has 1 N–H and O–H groups in total. The topological polar surface area (TPSA) is 68.3 Å². The highest BCUT2D eigenvalue weighted by Crippen LogP contribution is 2.50. The molecule has 1 aliphatic carbocycles. The van der Waals surface area contributed by atoms with Crippen LogP contribution < -0.4 is 0 Å². The number of ether oxygens (including phenoxy) is 2. The van der Waals surface area contributed by atoms with Crippen molar-refractivity contribution in [3.63, 3.8) is 0 Å². The Morgan fingerprint density at radius 1 is 1.45 bits per heavy atom. The van der Waals surface area contributed by atoms with E-state index < -0.39 is 0 Å². The SMILES string of the molecule is C=C1CC[C@H]2C(C)C(=O)O[C@@H]2[C@H]2O[C@]2(C)CC[C@H]1OO. The van der Waals surface area contributed by atoms with Gasteiger partial charge in [0.15, 0.2) is 0 Å². The van der Waals surface area contributed by atoms with Crippen LogP contribution in [0.5, 0.6) is 0 Å². The molecule has 0 aromatic carbocycles. The van der Waals surface area contributed by atoms with Crippen LogP contribution in [0, 0.1) is 11.8 Å². The molecule has 1 saturated carbocycles. The molecule has 0 aromatic rings. The predicted molar refractivity (Wildman–Crippen MR) is 70.9 cm³/mol. The summed E-state index contributed by atoms with van der Waals surface area (Å²) in [5.74, 6) is -0.0737. The summed E-state index contributed by atoms with van der Waals surface area (Å²) in [6.45, 7) is 7.96. The molecule has 5 nitrogen and oxygen atoms in total. The summed E-state index contributed by atoms with van der Waals surface area (Å²) in [5, 5.41) is 9.03. The van der Waals surface area contributed by atoms with E-state index in [1.165, 1.54) is 0 Å². The lowest BCUT2D eigenvalue weighted by atomic mass is 9.80. The smallest absolute Gasteiger partial charge is 0.309 e. The maximum Gasteiger partial charge on any atom is 0.309 e. The summed E-state index contributed by atoms with van der Waals surface area (Å²) in [5.41, 5.74) is 0.599. The van der Waals surface area contributed by atoms with Gasteiger partial charge >= 0.3 is 5.97 Å². The Labute approximate surface area is 118 Å². The van der Waals surface area contributed by atoms with Crippen LogP contribution in [0.25, 0.3) is 0 Å². The largest absolute Gasteiger partial charge is 0.459 e. The van der Waals surface area contributed by atoms with E-state index in [1.54, 1.807) is 0 Å². The molecule has 0 bridgehead atoms. The zero-order valence-electron chi connectivity index (χ0n) is 12.0. The molecule has 3 fully saturated rings. The minimum absolute atomic E-state index is 0.0212. The van der Waals surface area contributed by atoms with Gasteiger partial charge in [0, 0.05) is 5.92 Å². The van der Waals surface area contributed by atoms with Crippen molar-refractivity contribution >= 4 is 5.97 Å². The number of carbonyl (C=O) groups is 1. The average Bonchev–Trinajstić information content (AvgIpc) is 3.00. The summed E-state index contributed by atoms with van der Waals surface area (Å²) >= 11 is 0. The number of carbonyl (C=O) groups excluding carboxylic acids is 1. The molecule has 0 spiro atoms. The monoisotopic (exact) mass is 282 g/mol. The van der Waals surface area contributed by atoms with Crippen molar-refractivity contribution in [2.24, 2.45) is 11.8 Å². The van der Waals surface area contributed by atoms with Crippen molar-refractivity contribution < 1.29 is 24.4 Å². The zero-order valence-corrected chi connectivity index (χ0v) is 12.0. The van der Waals surface area contributed by atoms with Crippen molar-refractivity contribution in [1.29, 1.82) is 0 Å². The van der Waals surface area contributed by atoms with Crippen molar-refractivity contribution in [2.75, 3.05) is 0 Å². The van der Waals surface area contributed by atoms with Crippen LogP contribution in [0.3, 0.4) is 0 Å². The lowest BCUT2D eigenvalue weighted by molar-refractivity contribution is -0.270. The van der Waals surface area contributed by atoms with Crippen LogP contribution >= 0.6 is 0 Å². The van der Waals surface area contributed by atoms with Crippen molar-refractivity contribution in [2.45, 2.75) is 63.4 Å². The van der Waals surface area contributed by atoms with Crippen LogP contribution in [0.4, 0.5) is 0 Å². The molecule has 2 aliphatic heterocycles. The third-order valence-corrected chi connectivity index (χ3v) is 5.21. The maximum absolute atomic E-state index is 11.8. The Morgan fingerprint density at radius 2 is 2.20 bits per heavy atom. The van der Waals surface area contributed by atoms with E-state index in [2.05, 4.69) is 11.5 Å². The first-order chi connectivity index (χ1) is 9.46. The second-order valence-electron chi connectivity index (χ2n) is 6.53. The number of hydrogen-bond acceptors (Lipinski definition) is 5. The second kappa shape index (κ2) is 4.83. The van der Waals surface area contributed by atoms with E-state index in [-0.39, 0.29) is 41.7 Å². The van der Waals surface area contributed by atoms with Gasteiger partial charge in [0.1, 0.15) is 18.3 Å². The van der Waals surface area contributed by atoms with Gasteiger partial charge in [-0.15, -0.1) is 0 Å². The number of esters is 1. The van der Waals surface area contributed by atoms with E-state index in [0.29, 0.717) is 6.42 Å². The molecule has 2 saturated heterocycles. The third-order valence-electron chi connectivity index (χ3n) is 5.21. The molecule has 20 heavy (non-hydrogen) atoms. The van der Waals surface area contributed by atoms with Crippen LogP contribution in [0.2, 0.25) is 0 Å². The van der Waals surface area contributed by atoms with Crippen LogP contribution in [0.15, 0.2) is 12.2 Å². The van der Waals surface area contributed by atoms with Gasteiger partial charge in [-0.3, -0.25) is 10.1 Å². The molecule has 2 heterocycles. The van der Waals surface area contributed by atoms with Crippen LogP contribution in [-0.2, 0) is 19.2 Å². The summed E-state index contributed by atoms with van der Waals surface area (Å²) in [7, 11) is 0. The van der Waals surface area contributed by atoms with Crippen LogP contribution in [-0.4, -0.2) is 35.1 Å². The van der Waals surface area contributed by atoms with E-state index in [0.717, 1.165) is 24.8 Å². The van der Waals surface area contributed by atoms with E-state index in [9.17, 15) is 4.79 Å². The van der Waals surface area contributed by atoms with Crippen LogP contribution in [0.1, 0.15) is 39.5 Å². The predicted octanol–water partition coefficient (Wildman–Crippen LogP) is 2.31. The molecular formula is C15H22O5. The normalized spacial score (nSPS) is 48.2. The molecule has 1 unspecified atom stereocenters. The minimum atomic E-state index is -0.346. The van der Waals surface area contributed by atoms with Gasteiger partial charge in [0.05, 0.1) is 11.5 Å². The Bertz CT molecular complexity index is 434. The molecule has 6 atom stereocenters. The molecule has 3 aliphatic rings. The highest BCUT2D eigenvalue weighted by atomic mass is 17.1. The fourth-order valence-electron chi connectivity index (χ4n) is 3.62. The second-order valence-corrected chi connectivity index (χ2v) is 6.53. The van der Waals surface area contributed by atoms with Crippen molar-refractivity contribution in [3.05, 3.63) is 12.2 Å². The number of fused-ring (bicyclic) bond motifs is 3. The van der Waals surface area contributed by atoms with Gasteiger partial charge < -0.3 is 9.47 Å². The van der Waals surface area contributed by atoms with E-state index in [1.807, 2.05) is 13.8 Å². The summed E-state index contributed by atoms with van der Waals surface area (Å²) in [6, 6.07) is 0. The quantitative estimate of drug-likeness (QED) is 0.263. The van der Waals surface area contributed by atoms with Crippen molar-refractivity contribution in [3.8, 4) is 0 Å². The highest BCUT2D eigenvalue weighted by molar-refractivity contribution is 5.75. The average molecular weight is 282 g/mol. The first kappa shape index (κ1) is 14.0. The van der Waals surface area contributed by atoms with Crippen molar-refractivity contribution in [1.82, 2.24) is 0 Å². The standard InChI is InChI=1S/C15H22O5/c1-8-4-5-10-9(2)14(16)18-12(10)13-15(3,19-13)7-6-11(8)20-17/h9-13,17H,1,4-7H2,2-3H3/t9?,10-,11+,12-,13+,15+/m0/s1. The van der Waals surface area contributed by atoms with Gasteiger partial charge in [-0.05, 0) is 38.2 Å². The molecule has 3 rings (SSSR count). The maximum atomic E-state index is 11.8. The Balaban J connectivity index is 1.82. The number of hydrogen-bond donors (Lipinski definition) is 1. The molecule has 0 radical (unpaired) electrons. The molecular weight excluding hydrogens is 260 g/mol. The molecule has 112 valence electrons. The number of epoxide rings is 1. The van der Waals surface area contributed by atoms with Gasteiger partial charge in [0.2, 0.25) is 0 Å². The fraction of sp³-hybridized carbons (Fsp3) is 0.800. The lowest BCUT2D eigenvalue weighted by Gasteiger charge is -2.24. The third kappa shape index (κ3) is 2.18. The van der Waals surface area contributed by atoms with E-state index in [4.69, 9.17) is 14.7 Å². The fourth-order valence-corrected chi connectivity index (χ4v) is 3.62. The zero-order chi connectivity index (χ0) is 14.5. The van der Waals surface area contributed by atoms with Gasteiger partial charge in [-0.2, -0.15) is 0 Å². The summed E-state index contributed by atoms with van der Waals surface area (Å²) < 4.78 is 11.4. The van der Waals surface area contributed by atoms with Gasteiger partial charge in [-0.25, -0.2) is 4.89 Å². The minimum Gasteiger partial charge on any atom is -0.459 e. The number of rotatable bonds is 1. The summed E-state index contributed by atoms with van der Waals surface area (Å²) in [6.07, 6.45) is 2.47. The highest BCUT2D eigenvalue weighted by Gasteiger charge is 2.62. The first-order valence-electron chi connectivity index (χ1n) is 7.32. The Hall–Kier alpha value is -0.910. The van der Waals surface area contributed by atoms with E-state index >= 15 is 0 Å². The molecule has 5 heteroatoms. The molecule has 0 aromatic heterocycles. The van der Waals surface area contributed by atoms with Gasteiger partial charge in [0.25, 0.3) is 0 Å². The van der Waals surface area contributed by atoms with Gasteiger partial charge in [-0.1, -0.05) is 13.5 Å². The Morgan fingerprint density at radius 3 is 2.90 bits per heavy atom. The first-order valence-corrected chi connectivity index (χ1v) is 7.32.